The molecule has 0 radical (unpaired) electrons. The van der Waals surface area contributed by atoms with Crippen molar-refractivity contribution in [1.29, 1.82) is 0 Å². The molecular weight excluding hydrogens is 446 g/mol. The summed E-state index contributed by atoms with van der Waals surface area (Å²) in [5, 5.41) is 2.58. The number of H-pyrrole nitrogens is 1. The van der Waals surface area contributed by atoms with Crippen LogP contribution in [0.4, 0.5) is 0 Å². The number of amides is 1. The van der Waals surface area contributed by atoms with Gasteiger partial charge in [0.05, 0.1) is 5.52 Å². The van der Waals surface area contributed by atoms with Gasteiger partial charge in [-0.15, -0.1) is 0 Å². The van der Waals surface area contributed by atoms with E-state index in [0.717, 1.165) is 52.7 Å². The number of pyridine rings is 1. The van der Waals surface area contributed by atoms with Gasteiger partial charge in [0.2, 0.25) is 0 Å². The van der Waals surface area contributed by atoms with E-state index in [-0.39, 0.29) is 11.5 Å². The Bertz CT molecular complexity index is 1200. The lowest BCUT2D eigenvalue weighted by Crippen LogP contribution is -2.28. The molecular formula is C22H22BrN5O2. The molecule has 3 heterocycles. The summed E-state index contributed by atoms with van der Waals surface area (Å²) in [5.74, 6) is -0.182. The van der Waals surface area contributed by atoms with E-state index in [1.54, 1.807) is 26.2 Å². The second-order valence-corrected chi connectivity index (χ2v) is 8.21. The third-order valence-corrected chi connectivity index (χ3v) is 5.88. The van der Waals surface area contributed by atoms with Gasteiger partial charge in [-0.1, -0.05) is 12.1 Å². The largest absolute Gasteiger partial charge is 0.354 e. The molecule has 1 aliphatic heterocycles. The zero-order valence-corrected chi connectivity index (χ0v) is 18.4. The van der Waals surface area contributed by atoms with E-state index in [4.69, 9.17) is 0 Å². The van der Waals surface area contributed by atoms with Crippen molar-refractivity contribution in [3.63, 3.8) is 0 Å². The monoisotopic (exact) mass is 467 g/mol. The van der Waals surface area contributed by atoms with Crippen LogP contribution in [0.25, 0.3) is 16.6 Å². The van der Waals surface area contributed by atoms with Crippen molar-refractivity contribution in [2.45, 2.75) is 19.9 Å². The van der Waals surface area contributed by atoms with Gasteiger partial charge in [-0.25, -0.2) is 4.98 Å². The lowest BCUT2D eigenvalue weighted by atomic mass is 10.0. The minimum Gasteiger partial charge on any atom is -0.354 e. The summed E-state index contributed by atoms with van der Waals surface area (Å²) in [6.07, 6.45) is 4.88. The molecule has 1 amide bonds. The average molecular weight is 468 g/mol. The van der Waals surface area contributed by atoms with Crippen molar-refractivity contribution >= 4 is 38.4 Å². The molecule has 2 aromatic heterocycles. The second-order valence-electron chi connectivity index (χ2n) is 7.35. The molecule has 4 rings (SSSR count). The number of aryl methyl sites for hydroxylation is 1. The number of carbonyl (C=O) groups is 1. The number of aromatic nitrogens is 3. The summed E-state index contributed by atoms with van der Waals surface area (Å²) in [7, 11) is 1.60. The van der Waals surface area contributed by atoms with E-state index in [1.165, 1.54) is 5.57 Å². The minimum absolute atomic E-state index is 0.159. The highest BCUT2D eigenvalue weighted by molar-refractivity contribution is 9.10. The fourth-order valence-electron chi connectivity index (χ4n) is 3.61. The van der Waals surface area contributed by atoms with Gasteiger partial charge in [-0.05, 0) is 64.2 Å². The molecule has 0 aliphatic carbocycles. The first kappa shape index (κ1) is 20.4. The number of benzene rings is 1. The fourth-order valence-corrected chi connectivity index (χ4v) is 4.20. The van der Waals surface area contributed by atoms with E-state index < -0.39 is 0 Å². The second kappa shape index (κ2) is 8.49. The van der Waals surface area contributed by atoms with Gasteiger partial charge < -0.3 is 10.3 Å². The molecule has 0 bridgehead atoms. The first-order valence-corrected chi connectivity index (χ1v) is 10.5. The van der Waals surface area contributed by atoms with Crippen molar-refractivity contribution in [2.75, 3.05) is 20.1 Å². The molecule has 1 aliphatic rings. The van der Waals surface area contributed by atoms with Gasteiger partial charge in [0.15, 0.2) is 0 Å². The predicted octanol–water partition coefficient (Wildman–Crippen LogP) is 3.04. The van der Waals surface area contributed by atoms with Crippen LogP contribution in [0.3, 0.4) is 0 Å². The molecule has 3 aromatic rings. The van der Waals surface area contributed by atoms with E-state index in [9.17, 15) is 9.59 Å². The van der Waals surface area contributed by atoms with E-state index in [2.05, 4.69) is 53.2 Å². The molecule has 0 saturated heterocycles. The van der Waals surface area contributed by atoms with Gasteiger partial charge in [-0.2, -0.15) is 0 Å². The smallest absolute Gasteiger partial charge is 0.269 e. The molecule has 154 valence electrons. The van der Waals surface area contributed by atoms with Gasteiger partial charge in [0.25, 0.3) is 11.5 Å². The molecule has 0 atom stereocenters. The molecule has 1 aromatic carbocycles. The van der Waals surface area contributed by atoms with E-state index in [0.29, 0.717) is 11.4 Å². The standard InChI is InChI=1S/C22H22BrN5O2/c1-13-21(29)27-19-10-14(9-17(23)20(19)26-13)12-28-7-5-15(6-8-28)16-3-4-18(25-11-16)22(30)24-2/h3-5,9-11H,6-8,12H2,1-2H3,(H,24,30)(H,27,29). The quantitative estimate of drug-likeness (QED) is 0.615. The zero-order valence-electron chi connectivity index (χ0n) is 16.8. The molecule has 0 saturated carbocycles. The highest BCUT2D eigenvalue weighted by atomic mass is 79.9. The van der Waals surface area contributed by atoms with Gasteiger partial charge in [-0.3, -0.25) is 19.5 Å². The number of hydrogen-bond donors (Lipinski definition) is 2. The van der Waals surface area contributed by atoms with Crippen LogP contribution >= 0.6 is 15.9 Å². The normalized spacial score (nSPS) is 14.6. The Balaban J connectivity index is 1.48. The Morgan fingerprint density at radius 1 is 1.33 bits per heavy atom. The van der Waals surface area contributed by atoms with Crippen molar-refractivity contribution in [2.24, 2.45) is 0 Å². The number of aromatic amines is 1. The zero-order chi connectivity index (χ0) is 21.3. The molecule has 8 heteroatoms. The van der Waals surface area contributed by atoms with Crippen molar-refractivity contribution in [3.05, 3.63) is 73.9 Å². The molecule has 0 unspecified atom stereocenters. The first-order chi connectivity index (χ1) is 14.4. The Kier molecular flexibility index (Phi) is 5.78. The average Bonchev–Trinajstić information content (AvgIpc) is 2.75. The third-order valence-electron chi connectivity index (χ3n) is 5.27. The van der Waals surface area contributed by atoms with Crippen LogP contribution in [0, 0.1) is 6.92 Å². The van der Waals surface area contributed by atoms with Gasteiger partial charge in [0.1, 0.15) is 16.9 Å². The van der Waals surface area contributed by atoms with Crippen LogP contribution in [0.2, 0.25) is 0 Å². The number of nitrogens with zero attached hydrogens (tertiary/aromatic N) is 3. The summed E-state index contributed by atoms with van der Waals surface area (Å²) in [6, 6.07) is 7.76. The summed E-state index contributed by atoms with van der Waals surface area (Å²) >= 11 is 3.58. The van der Waals surface area contributed by atoms with Crippen LogP contribution in [0.5, 0.6) is 0 Å². The number of rotatable bonds is 4. The van der Waals surface area contributed by atoms with Crippen LogP contribution < -0.4 is 10.9 Å². The SMILES string of the molecule is CNC(=O)c1ccc(C2=CCN(Cc3cc(Br)c4nc(C)c(=O)[nH]c4c3)CC2)cn1. The van der Waals surface area contributed by atoms with E-state index in [1.807, 2.05) is 12.1 Å². The summed E-state index contributed by atoms with van der Waals surface area (Å²) in [5.41, 5.74) is 5.64. The van der Waals surface area contributed by atoms with Crippen LogP contribution in [-0.2, 0) is 6.54 Å². The predicted molar refractivity (Wildman–Crippen MR) is 120 cm³/mol. The van der Waals surface area contributed by atoms with Crippen molar-refractivity contribution in [3.8, 4) is 0 Å². The number of halogens is 1. The molecule has 2 N–H and O–H groups in total. The van der Waals surface area contributed by atoms with Crippen LogP contribution in [0.1, 0.15) is 33.7 Å². The minimum atomic E-state index is -0.182. The number of nitrogens with one attached hydrogen (secondary N) is 2. The third kappa shape index (κ3) is 4.20. The summed E-state index contributed by atoms with van der Waals surface area (Å²) < 4.78 is 0.880. The maximum absolute atomic E-state index is 11.9. The van der Waals surface area contributed by atoms with Crippen molar-refractivity contribution in [1.82, 2.24) is 25.2 Å². The fraction of sp³-hybridized carbons (Fsp3) is 0.273. The van der Waals surface area contributed by atoms with Crippen molar-refractivity contribution < 1.29 is 4.79 Å². The lowest BCUT2D eigenvalue weighted by Gasteiger charge is -2.26. The Morgan fingerprint density at radius 3 is 2.83 bits per heavy atom. The Hall–Kier alpha value is -2.84. The molecule has 7 nitrogen and oxygen atoms in total. The van der Waals surface area contributed by atoms with Gasteiger partial charge in [0, 0.05) is 37.4 Å². The summed E-state index contributed by atoms with van der Waals surface area (Å²) in [4.78, 5) is 37.4. The van der Waals surface area contributed by atoms with E-state index >= 15 is 0 Å². The van der Waals surface area contributed by atoms with Crippen LogP contribution in [-0.4, -0.2) is 45.9 Å². The Labute approximate surface area is 182 Å². The highest BCUT2D eigenvalue weighted by Gasteiger charge is 2.15. The molecule has 0 spiro atoms. The van der Waals surface area contributed by atoms with Crippen LogP contribution in [0.15, 0.2) is 45.8 Å². The number of hydrogen-bond acceptors (Lipinski definition) is 5. The Morgan fingerprint density at radius 2 is 2.17 bits per heavy atom. The summed E-state index contributed by atoms with van der Waals surface area (Å²) in [6.45, 7) is 4.23. The highest BCUT2D eigenvalue weighted by Crippen LogP contribution is 2.26. The van der Waals surface area contributed by atoms with Gasteiger partial charge >= 0.3 is 0 Å². The number of carbonyl (C=O) groups excluding carboxylic acids is 1. The molecule has 0 fully saturated rings. The lowest BCUT2D eigenvalue weighted by molar-refractivity contribution is 0.0958. The first-order valence-electron chi connectivity index (χ1n) is 9.73. The molecule has 30 heavy (non-hydrogen) atoms. The topological polar surface area (TPSA) is 91.0 Å². The maximum atomic E-state index is 11.9. The maximum Gasteiger partial charge on any atom is 0.269 e. The number of fused-ring (bicyclic) bond motifs is 1.